The Balaban J connectivity index is 1.35. The zero-order valence-electron chi connectivity index (χ0n) is 23.8. The number of carbonyl (C=O) groups is 1. The van der Waals surface area contributed by atoms with Gasteiger partial charge in [-0.2, -0.15) is 0 Å². The third-order valence-corrected chi connectivity index (χ3v) is 8.04. The van der Waals surface area contributed by atoms with Gasteiger partial charge in [0.2, 0.25) is 5.91 Å². The predicted molar refractivity (Wildman–Crippen MR) is 158 cm³/mol. The minimum atomic E-state index is 0.0661. The molecule has 0 N–H and O–H groups in total. The van der Waals surface area contributed by atoms with Crippen molar-refractivity contribution in [3.05, 3.63) is 89.7 Å². The molecule has 1 fully saturated rings. The van der Waals surface area contributed by atoms with Crippen LogP contribution in [0.5, 0.6) is 0 Å². The third kappa shape index (κ3) is 5.55. The van der Waals surface area contributed by atoms with Gasteiger partial charge in [0.1, 0.15) is 6.54 Å². The highest BCUT2D eigenvalue weighted by Gasteiger charge is 2.26. The fourth-order valence-corrected chi connectivity index (χ4v) is 5.50. The minimum Gasteiger partial charge on any atom is -0.341 e. The number of benzene rings is 3. The Morgan fingerprint density at radius 2 is 1.50 bits per heavy atom. The van der Waals surface area contributed by atoms with E-state index in [-0.39, 0.29) is 16.7 Å². The van der Waals surface area contributed by atoms with Crippen LogP contribution in [0.2, 0.25) is 0 Å². The molecule has 0 radical (unpaired) electrons. The number of amides is 1. The van der Waals surface area contributed by atoms with E-state index in [4.69, 9.17) is 0 Å². The Morgan fingerprint density at radius 3 is 2.21 bits per heavy atom. The molecule has 198 valence electrons. The molecule has 1 aliphatic heterocycles. The average Bonchev–Trinajstić information content (AvgIpc) is 3.30. The van der Waals surface area contributed by atoms with E-state index in [1.165, 1.54) is 27.8 Å². The lowest BCUT2D eigenvalue weighted by atomic mass is 9.79. The van der Waals surface area contributed by atoms with Crippen LogP contribution in [0, 0.1) is 0 Å². The first-order valence-corrected chi connectivity index (χ1v) is 13.9. The van der Waals surface area contributed by atoms with E-state index in [1.807, 2.05) is 33.7 Å². The van der Waals surface area contributed by atoms with Crippen LogP contribution in [0.1, 0.15) is 77.0 Å². The van der Waals surface area contributed by atoms with Gasteiger partial charge in [-0.15, -0.1) is 0 Å². The molecule has 0 aliphatic carbocycles. The molecule has 1 aromatic heterocycles. The van der Waals surface area contributed by atoms with Gasteiger partial charge in [0.25, 0.3) is 0 Å². The van der Waals surface area contributed by atoms with Crippen LogP contribution < -0.4 is 0 Å². The highest BCUT2D eigenvalue weighted by Crippen LogP contribution is 2.36. The number of hydrogen-bond acceptors (Lipinski definition) is 2. The van der Waals surface area contributed by atoms with Crippen molar-refractivity contribution in [2.24, 2.45) is 0 Å². The van der Waals surface area contributed by atoms with Gasteiger partial charge in [-0.25, -0.2) is 4.98 Å². The summed E-state index contributed by atoms with van der Waals surface area (Å²) in [5, 5.41) is 0. The molecule has 0 atom stereocenters. The molecule has 1 saturated heterocycles. The van der Waals surface area contributed by atoms with Gasteiger partial charge >= 0.3 is 0 Å². The number of rotatable bonds is 4. The molecule has 0 unspecified atom stereocenters. The van der Waals surface area contributed by atoms with E-state index < -0.39 is 0 Å². The summed E-state index contributed by atoms with van der Waals surface area (Å²) in [4.78, 5) is 19.6. The van der Waals surface area contributed by atoms with Crippen molar-refractivity contribution in [1.29, 1.82) is 0 Å². The molecule has 2 heterocycles. The van der Waals surface area contributed by atoms with Gasteiger partial charge in [0, 0.05) is 13.1 Å². The number of para-hydroxylation sites is 2. The Kier molecular flexibility index (Phi) is 6.94. The smallest absolute Gasteiger partial charge is 0.242 e. The average molecular weight is 508 g/mol. The van der Waals surface area contributed by atoms with Crippen LogP contribution in [-0.2, 0) is 22.2 Å². The van der Waals surface area contributed by atoms with Gasteiger partial charge in [-0.05, 0) is 69.5 Å². The summed E-state index contributed by atoms with van der Waals surface area (Å²) in [6.07, 6.45) is 3.76. The third-order valence-electron chi connectivity index (χ3n) is 8.04. The fourth-order valence-electron chi connectivity index (χ4n) is 5.50. The topological polar surface area (TPSA) is 38.1 Å². The number of piperidine rings is 1. The van der Waals surface area contributed by atoms with E-state index >= 15 is 0 Å². The summed E-state index contributed by atoms with van der Waals surface area (Å²) in [7, 11) is 0. The van der Waals surface area contributed by atoms with E-state index in [0.717, 1.165) is 37.0 Å². The Hall–Kier alpha value is -3.40. The van der Waals surface area contributed by atoms with Gasteiger partial charge in [-0.1, -0.05) is 96.1 Å². The Bertz CT molecular complexity index is 1440. The van der Waals surface area contributed by atoms with Crippen molar-refractivity contribution in [2.45, 2.75) is 77.7 Å². The summed E-state index contributed by atoms with van der Waals surface area (Å²) >= 11 is 0. The molecule has 4 aromatic rings. The summed E-state index contributed by atoms with van der Waals surface area (Å²) in [5.41, 5.74) is 8.83. The van der Waals surface area contributed by atoms with Crippen molar-refractivity contribution in [3.8, 4) is 11.1 Å². The highest BCUT2D eigenvalue weighted by atomic mass is 16.2. The molecular formula is C34H41N3O. The van der Waals surface area contributed by atoms with Gasteiger partial charge in [0.05, 0.1) is 17.4 Å². The maximum Gasteiger partial charge on any atom is 0.242 e. The summed E-state index contributed by atoms with van der Waals surface area (Å²) in [6.45, 7) is 15.6. The number of carbonyl (C=O) groups excluding carboxylic acids is 1. The molecule has 4 heteroatoms. The number of aromatic nitrogens is 2. The predicted octanol–water partition coefficient (Wildman–Crippen LogP) is 7.70. The summed E-state index contributed by atoms with van der Waals surface area (Å²) < 4.78 is 1.97. The number of hydrogen-bond donors (Lipinski definition) is 0. The van der Waals surface area contributed by atoms with Gasteiger partial charge < -0.3 is 9.47 Å². The Morgan fingerprint density at radius 1 is 0.816 bits per heavy atom. The van der Waals surface area contributed by atoms with Crippen LogP contribution in [0.15, 0.2) is 73.1 Å². The summed E-state index contributed by atoms with van der Waals surface area (Å²) in [6, 6.07) is 24.2. The first kappa shape index (κ1) is 26.2. The molecule has 0 saturated carbocycles. The van der Waals surface area contributed by atoms with Crippen molar-refractivity contribution >= 4 is 16.9 Å². The van der Waals surface area contributed by atoms with E-state index in [9.17, 15) is 4.79 Å². The fraction of sp³-hybridized carbons (Fsp3) is 0.412. The van der Waals surface area contributed by atoms with Crippen molar-refractivity contribution in [3.63, 3.8) is 0 Å². The van der Waals surface area contributed by atoms with Gasteiger partial charge in [0.15, 0.2) is 0 Å². The lowest BCUT2D eigenvalue weighted by molar-refractivity contribution is -0.132. The maximum atomic E-state index is 13.2. The first-order valence-electron chi connectivity index (χ1n) is 13.9. The lowest BCUT2D eigenvalue weighted by Gasteiger charge is -2.33. The molecular weight excluding hydrogens is 466 g/mol. The molecule has 5 rings (SSSR count). The highest BCUT2D eigenvalue weighted by molar-refractivity contribution is 5.80. The monoisotopic (exact) mass is 507 g/mol. The SMILES string of the molecule is CC(C)(C)c1cccc(-c2cc(C3CCN(C(=O)Cn4cnc5ccccc54)CC3)cc(C(C)(C)C)c2)c1. The van der Waals surface area contributed by atoms with E-state index in [2.05, 4.69) is 89.0 Å². The molecule has 3 aromatic carbocycles. The second-order valence-electron chi connectivity index (χ2n) is 12.9. The van der Waals surface area contributed by atoms with Crippen LogP contribution >= 0.6 is 0 Å². The minimum absolute atomic E-state index is 0.0661. The second kappa shape index (κ2) is 10.1. The number of fused-ring (bicyclic) bond motifs is 1. The number of imidazole rings is 1. The summed E-state index contributed by atoms with van der Waals surface area (Å²) in [5.74, 6) is 0.634. The maximum absolute atomic E-state index is 13.2. The zero-order valence-corrected chi connectivity index (χ0v) is 23.8. The van der Waals surface area contributed by atoms with Crippen LogP contribution in [0.4, 0.5) is 0 Å². The van der Waals surface area contributed by atoms with Crippen molar-refractivity contribution in [2.75, 3.05) is 13.1 Å². The molecule has 0 spiro atoms. The number of likely N-dealkylation sites (tertiary alicyclic amines) is 1. The normalized spacial score (nSPS) is 15.3. The first-order chi connectivity index (χ1) is 18.0. The Labute approximate surface area is 227 Å². The quantitative estimate of drug-likeness (QED) is 0.284. The van der Waals surface area contributed by atoms with E-state index in [0.29, 0.717) is 12.5 Å². The molecule has 1 aliphatic rings. The molecule has 1 amide bonds. The second-order valence-corrected chi connectivity index (χ2v) is 12.9. The van der Waals surface area contributed by atoms with Crippen molar-refractivity contribution in [1.82, 2.24) is 14.5 Å². The zero-order chi connectivity index (χ0) is 27.1. The van der Waals surface area contributed by atoms with Crippen LogP contribution in [0.25, 0.3) is 22.2 Å². The van der Waals surface area contributed by atoms with Crippen molar-refractivity contribution < 1.29 is 4.79 Å². The largest absolute Gasteiger partial charge is 0.341 e. The standard InChI is InChI=1S/C34H41N3O/c1-33(2,3)28-11-9-10-25(19-28)27-18-26(20-29(21-27)34(4,5)6)24-14-16-36(17-15-24)32(38)22-37-23-35-30-12-7-8-13-31(30)37/h7-13,18-21,23-24H,14-17,22H2,1-6H3. The molecule has 0 bridgehead atoms. The van der Waals surface area contributed by atoms with Crippen LogP contribution in [0.3, 0.4) is 0 Å². The molecule has 38 heavy (non-hydrogen) atoms. The lowest BCUT2D eigenvalue weighted by Crippen LogP contribution is -2.39. The molecule has 4 nitrogen and oxygen atoms in total. The van der Waals surface area contributed by atoms with Crippen LogP contribution in [-0.4, -0.2) is 33.4 Å². The van der Waals surface area contributed by atoms with E-state index in [1.54, 1.807) is 6.33 Å². The van der Waals surface area contributed by atoms with Gasteiger partial charge in [-0.3, -0.25) is 4.79 Å². The number of nitrogens with zero attached hydrogens (tertiary/aromatic N) is 3.